The molecule has 0 aliphatic carbocycles. The van der Waals surface area contributed by atoms with Gasteiger partial charge in [-0.1, -0.05) is 30.3 Å². The third kappa shape index (κ3) is 6.91. The van der Waals surface area contributed by atoms with Crippen molar-refractivity contribution in [2.45, 2.75) is 25.4 Å². The first-order valence-electron chi connectivity index (χ1n) is 7.37. The molecule has 1 aromatic carbocycles. The van der Waals surface area contributed by atoms with Crippen LogP contribution in [0.2, 0.25) is 0 Å². The Morgan fingerprint density at radius 1 is 1.17 bits per heavy atom. The van der Waals surface area contributed by atoms with Crippen molar-refractivity contribution in [3.8, 4) is 0 Å². The summed E-state index contributed by atoms with van der Waals surface area (Å²) in [6, 6.07) is 7.71. The van der Waals surface area contributed by atoms with Crippen molar-refractivity contribution < 1.29 is 23.9 Å². The maximum Gasteiger partial charge on any atom is 0.407 e. The largest absolute Gasteiger partial charge is 0.453 e. The second-order valence-corrected chi connectivity index (χ2v) is 5.08. The number of ether oxygens (including phenoxy) is 1. The second kappa shape index (κ2) is 9.98. The Hall–Kier alpha value is -2.90. The first-order valence-corrected chi connectivity index (χ1v) is 7.37. The van der Waals surface area contributed by atoms with Crippen LogP contribution < -0.4 is 16.0 Å². The molecule has 2 atom stereocenters. The minimum atomic E-state index is -0.852. The van der Waals surface area contributed by atoms with Crippen molar-refractivity contribution in [2.75, 3.05) is 13.7 Å². The standard InChI is InChI=1S/C16H21N3O5/c1-11(18-14(21)9-17-16(23)24-2)15(22)19-13(10-20)8-12-6-4-3-5-7-12/h3-7,10-11,13H,8-9H2,1-2H3,(H,17,23)(H,18,21)(H,19,22)/t11-,13-/m0/s1. The molecule has 24 heavy (non-hydrogen) atoms. The summed E-state index contributed by atoms with van der Waals surface area (Å²) in [5.41, 5.74) is 0.911. The quantitative estimate of drug-likeness (QED) is 0.568. The lowest BCUT2D eigenvalue weighted by atomic mass is 10.1. The molecule has 1 rings (SSSR count). The molecule has 0 aliphatic heterocycles. The van der Waals surface area contributed by atoms with Crippen molar-refractivity contribution in [1.82, 2.24) is 16.0 Å². The average molecular weight is 335 g/mol. The van der Waals surface area contributed by atoms with Crippen LogP contribution in [0.1, 0.15) is 12.5 Å². The maximum atomic E-state index is 12.0. The zero-order valence-electron chi connectivity index (χ0n) is 13.6. The van der Waals surface area contributed by atoms with Gasteiger partial charge in [-0.05, 0) is 18.9 Å². The average Bonchev–Trinajstić information content (AvgIpc) is 2.59. The molecule has 0 spiro atoms. The van der Waals surface area contributed by atoms with Crippen molar-refractivity contribution >= 4 is 24.2 Å². The van der Waals surface area contributed by atoms with Crippen LogP contribution in [0, 0.1) is 0 Å². The van der Waals surface area contributed by atoms with E-state index in [9.17, 15) is 19.2 Å². The van der Waals surface area contributed by atoms with Crippen LogP contribution in [0.25, 0.3) is 0 Å². The molecule has 3 N–H and O–H groups in total. The number of alkyl carbamates (subject to hydrolysis) is 1. The van der Waals surface area contributed by atoms with Crippen LogP contribution in [0.5, 0.6) is 0 Å². The predicted molar refractivity (Wildman–Crippen MR) is 86.2 cm³/mol. The highest BCUT2D eigenvalue weighted by Gasteiger charge is 2.19. The summed E-state index contributed by atoms with van der Waals surface area (Å²) < 4.78 is 4.33. The van der Waals surface area contributed by atoms with Gasteiger partial charge < -0.3 is 25.5 Å². The summed E-state index contributed by atoms with van der Waals surface area (Å²) in [7, 11) is 1.18. The monoisotopic (exact) mass is 335 g/mol. The van der Waals surface area contributed by atoms with Crippen LogP contribution in [0.3, 0.4) is 0 Å². The number of carbonyl (C=O) groups excluding carboxylic acids is 4. The molecule has 0 aliphatic rings. The van der Waals surface area contributed by atoms with E-state index in [1.807, 2.05) is 30.3 Å². The zero-order valence-corrected chi connectivity index (χ0v) is 13.6. The van der Waals surface area contributed by atoms with Crippen LogP contribution >= 0.6 is 0 Å². The SMILES string of the molecule is COC(=O)NCC(=O)N[C@@H](C)C(=O)N[C@H](C=O)Cc1ccccc1. The number of carbonyl (C=O) groups is 4. The molecule has 0 bridgehead atoms. The first kappa shape index (κ1) is 19.1. The number of rotatable bonds is 8. The van der Waals surface area contributed by atoms with E-state index < -0.39 is 30.0 Å². The molecule has 8 nitrogen and oxygen atoms in total. The Kier molecular flexibility index (Phi) is 7.97. The Bertz CT molecular complexity index is 576. The fourth-order valence-electron chi connectivity index (χ4n) is 1.89. The Morgan fingerprint density at radius 3 is 2.42 bits per heavy atom. The molecular weight excluding hydrogens is 314 g/mol. The van der Waals surface area contributed by atoms with Crippen molar-refractivity contribution in [1.29, 1.82) is 0 Å². The molecule has 1 aromatic rings. The number of amides is 3. The molecule has 0 aromatic heterocycles. The lowest BCUT2D eigenvalue weighted by Crippen LogP contribution is -2.50. The molecule has 0 saturated heterocycles. The first-order chi connectivity index (χ1) is 11.5. The summed E-state index contributed by atoms with van der Waals surface area (Å²) in [5, 5.41) is 7.18. The highest BCUT2D eigenvalue weighted by molar-refractivity contribution is 5.90. The molecule has 0 heterocycles. The van der Waals surface area contributed by atoms with E-state index in [4.69, 9.17) is 0 Å². The van der Waals surface area contributed by atoms with Gasteiger partial charge in [0.2, 0.25) is 11.8 Å². The number of hydrogen-bond acceptors (Lipinski definition) is 5. The number of nitrogens with one attached hydrogen (secondary N) is 3. The van der Waals surface area contributed by atoms with E-state index in [-0.39, 0.29) is 6.54 Å². The van der Waals surface area contributed by atoms with Gasteiger partial charge in [-0.3, -0.25) is 9.59 Å². The number of aldehydes is 1. The van der Waals surface area contributed by atoms with Crippen molar-refractivity contribution in [3.05, 3.63) is 35.9 Å². The van der Waals surface area contributed by atoms with Gasteiger partial charge in [0, 0.05) is 0 Å². The summed E-state index contributed by atoms with van der Waals surface area (Å²) in [6.45, 7) is 1.17. The van der Waals surface area contributed by atoms with Crippen molar-refractivity contribution in [2.24, 2.45) is 0 Å². The van der Waals surface area contributed by atoms with Gasteiger partial charge in [-0.25, -0.2) is 4.79 Å². The number of benzene rings is 1. The van der Waals surface area contributed by atoms with Crippen LogP contribution in [0.4, 0.5) is 4.79 Å². The van der Waals surface area contributed by atoms with Gasteiger partial charge in [0.25, 0.3) is 0 Å². The second-order valence-electron chi connectivity index (χ2n) is 5.08. The molecular formula is C16H21N3O5. The third-order valence-corrected chi connectivity index (χ3v) is 3.14. The van der Waals surface area contributed by atoms with E-state index in [0.717, 1.165) is 5.56 Å². The minimum Gasteiger partial charge on any atom is -0.453 e. The number of methoxy groups -OCH3 is 1. The van der Waals surface area contributed by atoms with Gasteiger partial charge in [0.15, 0.2) is 0 Å². The lowest BCUT2D eigenvalue weighted by Gasteiger charge is -2.18. The van der Waals surface area contributed by atoms with Gasteiger partial charge in [0.1, 0.15) is 18.9 Å². The van der Waals surface area contributed by atoms with E-state index in [1.54, 1.807) is 0 Å². The van der Waals surface area contributed by atoms with Crippen molar-refractivity contribution in [3.63, 3.8) is 0 Å². The van der Waals surface area contributed by atoms with Gasteiger partial charge in [-0.2, -0.15) is 0 Å². The third-order valence-electron chi connectivity index (χ3n) is 3.14. The predicted octanol–water partition coefficient (Wildman–Crippen LogP) is -0.226. The van der Waals surface area contributed by atoms with Gasteiger partial charge in [0.05, 0.1) is 13.2 Å². The summed E-state index contributed by atoms with van der Waals surface area (Å²) >= 11 is 0. The smallest absolute Gasteiger partial charge is 0.407 e. The minimum absolute atomic E-state index is 0.314. The van der Waals surface area contributed by atoms with Crippen LogP contribution in [-0.2, 0) is 25.5 Å². The van der Waals surface area contributed by atoms with E-state index in [2.05, 4.69) is 20.7 Å². The molecule has 130 valence electrons. The lowest BCUT2D eigenvalue weighted by molar-refractivity contribution is -0.129. The highest BCUT2D eigenvalue weighted by Crippen LogP contribution is 2.02. The molecule has 3 amide bonds. The van der Waals surface area contributed by atoms with Crippen LogP contribution in [-0.4, -0.2) is 49.9 Å². The van der Waals surface area contributed by atoms with E-state index in [0.29, 0.717) is 12.7 Å². The van der Waals surface area contributed by atoms with Gasteiger partial charge in [-0.15, -0.1) is 0 Å². The topological polar surface area (TPSA) is 114 Å². The molecule has 0 radical (unpaired) electrons. The summed E-state index contributed by atoms with van der Waals surface area (Å²) in [4.78, 5) is 45.6. The Balaban J connectivity index is 2.45. The summed E-state index contributed by atoms with van der Waals surface area (Å²) in [5.74, 6) is -1.04. The van der Waals surface area contributed by atoms with Gasteiger partial charge >= 0.3 is 6.09 Å². The molecule has 0 fully saturated rings. The van der Waals surface area contributed by atoms with E-state index >= 15 is 0 Å². The summed E-state index contributed by atoms with van der Waals surface area (Å²) in [6.07, 6.45) is 0.268. The highest BCUT2D eigenvalue weighted by atomic mass is 16.5. The Morgan fingerprint density at radius 2 is 1.83 bits per heavy atom. The molecule has 0 unspecified atom stereocenters. The maximum absolute atomic E-state index is 12.0. The fraction of sp³-hybridized carbons (Fsp3) is 0.375. The fourth-order valence-corrected chi connectivity index (χ4v) is 1.89. The van der Waals surface area contributed by atoms with E-state index in [1.165, 1.54) is 14.0 Å². The zero-order chi connectivity index (χ0) is 17.9. The molecule has 8 heteroatoms. The Labute approximate surface area is 139 Å². The number of hydrogen-bond donors (Lipinski definition) is 3. The molecule has 0 saturated carbocycles. The van der Waals surface area contributed by atoms with Crippen LogP contribution in [0.15, 0.2) is 30.3 Å². The normalized spacial score (nSPS) is 12.4.